The van der Waals surface area contributed by atoms with Gasteiger partial charge in [0.25, 0.3) is 0 Å². The van der Waals surface area contributed by atoms with E-state index in [0.29, 0.717) is 0 Å². The first-order chi connectivity index (χ1) is 8.00. The third-order valence-electron chi connectivity index (χ3n) is 2.39. The van der Waals surface area contributed by atoms with Crippen LogP contribution in [0.1, 0.15) is 12.0 Å². The summed E-state index contributed by atoms with van der Waals surface area (Å²) in [6, 6.07) is 7.49. The zero-order chi connectivity index (χ0) is 12.8. The molecule has 0 radical (unpaired) electrons. The molecule has 17 heavy (non-hydrogen) atoms. The number of likely N-dealkylation sites (N-methyl/N-ethyl adjacent to an activating group) is 1. The van der Waals surface area contributed by atoms with Crippen molar-refractivity contribution in [1.29, 1.82) is 0 Å². The Morgan fingerprint density at radius 2 is 2.00 bits per heavy atom. The first kappa shape index (κ1) is 13.7. The minimum absolute atomic E-state index is 0.0296. The summed E-state index contributed by atoms with van der Waals surface area (Å²) >= 11 is 3.37. The molecule has 0 fully saturated rings. The number of amides is 1. The number of carboxylic acid groups (broad SMARTS) is 1. The highest BCUT2D eigenvalue weighted by Crippen LogP contribution is 2.16. The van der Waals surface area contributed by atoms with Crippen LogP contribution in [0, 0.1) is 0 Å². The van der Waals surface area contributed by atoms with Gasteiger partial charge in [-0.05, 0) is 11.6 Å². The van der Waals surface area contributed by atoms with Crippen molar-refractivity contribution in [1.82, 2.24) is 4.90 Å². The second-order valence-electron chi connectivity index (χ2n) is 3.73. The molecule has 0 saturated carbocycles. The minimum atomic E-state index is -0.898. The number of rotatable bonds is 5. The molecular formula is C12H14BrNO3. The van der Waals surface area contributed by atoms with E-state index in [0.717, 1.165) is 10.0 Å². The van der Waals surface area contributed by atoms with Crippen molar-refractivity contribution < 1.29 is 14.7 Å². The van der Waals surface area contributed by atoms with Gasteiger partial charge in [0.1, 0.15) is 0 Å². The van der Waals surface area contributed by atoms with E-state index in [4.69, 9.17) is 5.11 Å². The fourth-order valence-corrected chi connectivity index (χ4v) is 1.75. The molecule has 1 aromatic rings. The van der Waals surface area contributed by atoms with E-state index in [2.05, 4.69) is 15.9 Å². The zero-order valence-corrected chi connectivity index (χ0v) is 11.1. The van der Waals surface area contributed by atoms with Crippen LogP contribution < -0.4 is 0 Å². The Balaban J connectivity index is 2.54. The van der Waals surface area contributed by atoms with E-state index in [1.165, 1.54) is 4.90 Å². The molecule has 1 amide bonds. The van der Waals surface area contributed by atoms with Crippen molar-refractivity contribution in [3.05, 3.63) is 34.3 Å². The van der Waals surface area contributed by atoms with Gasteiger partial charge in [-0.15, -0.1) is 0 Å². The zero-order valence-electron chi connectivity index (χ0n) is 9.52. The number of nitrogens with zero attached hydrogens (tertiary/aromatic N) is 1. The summed E-state index contributed by atoms with van der Waals surface area (Å²) in [5, 5.41) is 8.53. The molecule has 0 aliphatic heterocycles. The second-order valence-corrected chi connectivity index (χ2v) is 4.58. The van der Waals surface area contributed by atoms with E-state index in [9.17, 15) is 9.59 Å². The molecule has 0 aliphatic rings. The molecule has 92 valence electrons. The average molecular weight is 300 g/mol. The smallest absolute Gasteiger partial charge is 0.305 e. The van der Waals surface area contributed by atoms with Gasteiger partial charge in [0.15, 0.2) is 0 Å². The van der Waals surface area contributed by atoms with Gasteiger partial charge in [0, 0.05) is 18.1 Å². The molecule has 0 unspecified atom stereocenters. The maximum absolute atomic E-state index is 11.8. The number of halogens is 1. The van der Waals surface area contributed by atoms with Gasteiger partial charge in [-0.3, -0.25) is 9.59 Å². The first-order valence-corrected chi connectivity index (χ1v) is 5.99. The molecule has 1 rings (SSSR count). The summed E-state index contributed by atoms with van der Waals surface area (Å²) in [5.74, 6) is -0.983. The normalized spacial score (nSPS) is 10.0. The van der Waals surface area contributed by atoms with E-state index in [1.807, 2.05) is 24.3 Å². The van der Waals surface area contributed by atoms with Crippen LogP contribution in [0.25, 0.3) is 0 Å². The van der Waals surface area contributed by atoms with E-state index >= 15 is 0 Å². The van der Waals surface area contributed by atoms with Crippen molar-refractivity contribution in [3.63, 3.8) is 0 Å². The van der Waals surface area contributed by atoms with E-state index in [-0.39, 0.29) is 25.3 Å². The molecule has 0 atom stereocenters. The predicted octanol–water partition coefficient (Wildman–Crippen LogP) is 1.92. The van der Waals surface area contributed by atoms with Crippen LogP contribution in [0.15, 0.2) is 28.7 Å². The Morgan fingerprint density at radius 3 is 2.59 bits per heavy atom. The van der Waals surface area contributed by atoms with Crippen LogP contribution in [0.5, 0.6) is 0 Å². The second kappa shape index (κ2) is 6.39. The summed E-state index contributed by atoms with van der Waals surface area (Å²) in [6.07, 6.45) is 0.246. The quantitative estimate of drug-likeness (QED) is 0.904. The van der Waals surface area contributed by atoms with Gasteiger partial charge < -0.3 is 10.0 Å². The topological polar surface area (TPSA) is 57.6 Å². The van der Waals surface area contributed by atoms with Crippen molar-refractivity contribution in [2.75, 3.05) is 13.6 Å². The monoisotopic (exact) mass is 299 g/mol. The molecule has 0 bridgehead atoms. The summed E-state index contributed by atoms with van der Waals surface area (Å²) in [6.45, 7) is 0.235. The van der Waals surface area contributed by atoms with Gasteiger partial charge in [-0.2, -0.15) is 0 Å². The molecule has 1 N–H and O–H groups in total. The molecular weight excluding hydrogens is 286 g/mol. The molecule has 0 aliphatic carbocycles. The van der Waals surface area contributed by atoms with Gasteiger partial charge in [0.05, 0.1) is 12.8 Å². The summed E-state index contributed by atoms with van der Waals surface area (Å²) < 4.78 is 0.889. The van der Waals surface area contributed by atoms with Crippen LogP contribution in [-0.4, -0.2) is 35.5 Å². The SMILES string of the molecule is CN(CCC(=O)O)C(=O)Cc1ccccc1Br. The summed E-state index contributed by atoms with van der Waals surface area (Å²) in [7, 11) is 1.61. The Labute approximate surface area is 108 Å². The largest absolute Gasteiger partial charge is 0.481 e. The fourth-order valence-electron chi connectivity index (χ4n) is 1.33. The van der Waals surface area contributed by atoms with Crippen LogP contribution in [0.4, 0.5) is 0 Å². The van der Waals surface area contributed by atoms with Crippen molar-refractivity contribution >= 4 is 27.8 Å². The van der Waals surface area contributed by atoms with E-state index < -0.39 is 5.97 Å². The van der Waals surface area contributed by atoms with Crippen molar-refractivity contribution in [2.45, 2.75) is 12.8 Å². The maximum atomic E-state index is 11.8. The van der Waals surface area contributed by atoms with Gasteiger partial charge >= 0.3 is 5.97 Å². The van der Waals surface area contributed by atoms with E-state index in [1.54, 1.807) is 7.05 Å². The highest BCUT2D eigenvalue weighted by atomic mass is 79.9. The number of hydrogen-bond acceptors (Lipinski definition) is 2. The number of carbonyl (C=O) groups excluding carboxylic acids is 1. The predicted molar refractivity (Wildman–Crippen MR) is 67.7 cm³/mol. The lowest BCUT2D eigenvalue weighted by molar-refractivity contribution is -0.138. The summed E-state index contributed by atoms with van der Waals surface area (Å²) in [5.41, 5.74) is 0.902. The third kappa shape index (κ3) is 4.56. The minimum Gasteiger partial charge on any atom is -0.481 e. The highest BCUT2D eigenvalue weighted by Gasteiger charge is 2.12. The van der Waals surface area contributed by atoms with Gasteiger partial charge in [-0.1, -0.05) is 34.1 Å². The summed E-state index contributed by atoms with van der Waals surface area (Å²) in [4.78, 5) is 23.6. The van der Waals surface area contributed by atoms with Crippen molar-refractivity contribution in [3.8, 4) is 0 Å². The Kier molecular flexibility index (Phi) is 5.15. The van der Waals surface area contributed by atoms with Crippen LogP contribution in [0.2, 0.25) is 0 Å². The van der Waals surface area contributed by atoms with Crippen LogP contribution in [0.3, 0.4) is 0 Å². The molecule has 4 nitrogen and oxygen atoms in total. The maximum Gasteiger partial charge on any atom is 0.305 e. The van der Waals surface area contributed by atoms with Crippen LogP contribution >= 0.6 is 15.9 Å². The lowest BCUT2D eigenvalue weighted by Crippen LogP contribution is -2.30. The Morgan fingerprint density at radius 1 is 1.35 bits per heavy atom. The highest BCUT2D eigenvalue weighted by molar-refractivity contribution is 9.10. The lowest BCUT2D eigenvalue weighted by Gasteiger charge is -2.16. The average Bonchev–Trinajstić information content (AvgIpc) is 2.28. The molecule has 5 heteroatoms. The number of hydrogen-bond donors (Lipinski definition) is 1. The first-order valence-electron chi connectivity index (χ1n) is 5.20. The number of aliphatic carboxylic acids is 1. The van der Waals surface area contributed by atoms with Gasteiger partial charge in [0.2, 0.25) is 5.91 Å². The van der Waals surface area contributed by atoms with Crippen LogP contribution in [-0.2, 0) is 16.0 Å². The molecule has 1 aromatic carbocycles. The Bertz CT molecular complexity index is 420. The number of benzene rings is 1. The fraction of sp³-hybridized carbons (Fsp3) is 0.333. The van der Waals surface area contributed by atoms with Crippen molar-refractivity contribution in [2.24, 2.45) is 0 Å². The number of carboxylic acids is 1. The molecule has 0 aromatic heterocycles. The molecule has 0 saturated heterocycles. The standard InChI is InChI=1S/C12H14BrNO3/c1-14(7-6-12(16)17)11(15)8-9-4-2-3-5-10(9)13/h2-5H,6-8H2,1H3,(H,16,17). The number of carbonyl (C=O) groups is 2. The van der Waals surface area contributed by atoms with Gasteiger partial charge in [-0.25, -0.2) is 0 Å². The Hall–Kier alpha value is -1.36. The molecule has 0 spiro atoms. The third-order valence-corrected chi connectivity index (χ3v) is 3.16. The molecule has 0 heterocycles. The lowest BCUT2D eigenvalue weighted by atomic mass is 10.1.